The molecule has 3 heteroatoms. The molecule has 3 nitrogen and oxygen atoms in total. The summed E-state index contributed by atoms with van der Waals surface area (Å²) in [5.41, 5.74) is -0.0594. The van der Waals surface area contributed by atoms with Gasteiger partial charge in [0.15, 0.2) is 0 Å². The molecule has 2 fully saturated rings. The van der Waals surface area contributed by atoms with Crippen molar-refractivity contribution in [2.45, 2.75) is 38.5 Å². The third-order valence-corrected chi connectivity index (χ3v) is 3.07. The lowest BCUT2D eigenvalue weighted by atomic mass is 9.98. The van der Waals surface area contributed by atoms with Crippen molar-refractivity contribution in [1.82, 2.24) is 10.6 Å². The monoisotopic (exact) mass is 184 g/mol. The molecule has 0 amide bonds. The fourth-order valence-electron chi connectivity index (χ4n) is 2.45. The Balaban J connectivity index is 1.85. The topological polar surface area (TPSA) is 33.3 Å². The summed E-state index contributed by atoms with van der Waals surface area (Å²) in [6.45, 7) is 7.64. The van der Waals surface area contributed by atoms with Crippen LogP contribution in [0.15, 0.2) is 0 Å². The predicted octanol–water partition coefficient (Wildman–Crippen LogP) is 0.710. The maximum absolute atomic E-state index is 5.87. The molecule has 2 saturated heterocycles. The van der Waals surface area contributed by atoms with Gasteiger partial charge in [0.2, 0.25) is 0 Å². The standard InChI is InChI=1S/C10H20N2O/c1-8-6-12-10(2,13-8)5-9-3-4-11-7-9/h8-9,11-12H,3-7H2,1-2H3. The van der Waals surface area contributed by atoms with Crippen LogP contribution in [0.2, 0.25) is 0 Å². The summed E-state index contributed by atoms with van der Waals surface area (Å²) >= 11 is 0. The highest BCUT2D eigenvalue weighted by Crippen LogP contribution is 2.27. The van der Waals surface area contributed by atoms with Gasteiger partial charge in [-0.3, -0.25) is 5.32 Å². The van der Waals surface area contributed by atoms with E-state index in [-0.39, 0.29) is 5.72 Å². The minimum absolute atomic E-state index is 0.0594. The van der Waals surface area contributed by atoms with Gasteiger partial charge in [0, 0.05) is 6.54 Å². The van der Waals surface area contributed by atoms with Crippen LogP contribution >= 0.6 is 0 Å². The maximum atomic E-state index is 5.87. The van der Waals surface area contributed by atoms with E-state index in [4.69, 9.17) is 4.74 Å². The molecule has 0 spiro atoms. The Morgan fingerprint density at radius 1 is 1.46 bits per heavy atom. The zero-order valence-electron chi connectivity index (χ0n) is 8.60. The summed E-state index contributed by atoms with van der Waals surface area (Å²) in [5.74, 6) is 0.794. The average molecular weight is 184 g/mol. The van der Waals surface area contributed by atoms with Gasteiger partial charge in [-0.2, -0.15) is 0 Å². The summed E-state index contributed by atoms with van der Waals surface area (Å²) in [7, 11) is 0. The van der Waals surface area contributed by atoms with E-state index in [1.165, 1.54) is 13.0 Å². The van der Waals surface area contributed by atoms with Gasteiger partial charge in [-0.25, -0.2) is 0 Å². The van der Waals surface area contributed by atoms with Crippen LogP contribution in [0.4, 0.5) is 0 Å². The number of hydrogen-bond acceptors (Lipinski definition) is 3. The molecule has 76 valence electrons. The van der Waals surface area contributed by atoms with Crippen molar-refractivity contribution in [3.63, 3.8) is 0 Å². The Bertz CT molecular complexity index is 180. The first-order chi connectivity index (χ1) is 6.18. The first-order valence-electron chi connectivity index (χ1n) is 5.31. The zero-order chi connectivity index (χ0) is 9.31. The van der Waals surface area contributed by atoms with Gasteiger partial charge in [-0.05, 0) is 45.7 Å². The molecule has 2 aliphatic rings. The lowest BCUT2D eigenvalue weighted by molar-refractivity contribution is -0.0443. The third kappa shape index (κ3) is 2.22. The van der Waals surface area contributed by atoms with Crippen molar-refractivity contribution in [2.75, 3.05) is 19.6 Å². The smallest absolute Gasteiger partial charge is 0.117 e. The van der Waals surface area contributed by atoms with Crippen LogP contribution in [0.25, 0.3) is 0 Å². The highest BCUT2D eigenvalue weighted by Gasteiger charge is 2.36. The van der Waals surface area contributed by atoms with Crippen LogP contribution in [0.1, 0.15) is 26.7 Å². The second-order valence-electron chi connectivity index (χ2n) is 4.60. The second-order valence-corrected chi connectivity index (χ2v) is 4.60. The molecule has 0 bridgehead atoms. The molecular weight excluding hydrogens is 164 g/mol. The quantitative estimate of drug-likeness (QED) is 0.663. The normalized spacial score (nSPS) is 45.7. The van der Waals surface area contributed by atoms with Crippen LogP contribution < -0.4 is 10.6 Å². The van der Waals surface area contributed by atoms with Crippen LogP contribution in [-0.2, 0) is 4.74 Å². The van der Waals surface area contributed by atoms with Crippen molar-refractivity contribution in [2.24, 2.45) is 5.92 Å². The first-order valence-corrected chi connectivity index (χ1v) is 5.31. The fourth-order valence-corrected chi connectivity index (χ4v) is 2.45. The Labute approximate surface area is 80.2 Å². The summed E-state index contributed by atoms with van der Waals surface area (Å²) in [6, 6.07) is 0. The Morgan fingerprint density at radius 3 is 2.85 bits per heavy atom. The molecule has 3 unspecified atom stereocenters. The zero-order valence-corrected chi connectivity index (χ0v) is 8.60. The van der Waals surface area contributed by atoms with Crippen molar-refractivity contribution in [1.29, 1.82) is 0 Å². The Hall–Kier alpha value is -0.120. The minimum Gasteiger partial charge on any atom is -0.357 e. The van der Waals surface area contributed by atoms with Gasteiger partial charge < -0.3 is 10.1 Å². The summed E-state index contributed by atoms with van der Waals surface area (Å²) in [5, 5.41) is 6.85. The lowest BCUT2D eigenvalue weighted by Crippen LogP contribution is -2.40. The van der Waals surface area contributed by atoms with Crippen molar-refractivity contribution in [3.8, 4) is 0 Å². The molecule has 0 saturated carbocycles. The van der Waals surface area contributed by atoms with E-state index in [0.29, 0.717) is 6.10 Å². The van der Waals surface area contributed by atoms with E-state index in [2.05, 4.69) is 24.5 Å². The van der Waals surface area contributed by atoms with E-state index >= 15 is 0 Å². The molecule has 2 aliphatic heterocycles. The first kappa shape index (κ1) is 9.44. The number of hydrogen-bond donors (Lipinski definition) is 2. The molecule has 0 aromatic heterocycles. The van der Waals surface area contributed by atoms with Gasteiger partial charge in [0.05, 0.1) is 6.10 Å². The molecule has 2 heterocycles. The van der Waals surface area contributed by atoms with Crippen molar-refractivity contribution in [3.05, 3.63) is 0 Å². The largest absolute Gasteiger partial charge is 0.357 e. The van der Waals surface area contributed by atoms with E-state index < -0.39 is 0 Å². The average Bonchev–Trinajstić information content (AvgIpc) is 2.62. The molecule has 0 radical (unpaired) electrons. The molecule has 13 heavy (non-hydrogen) atoms. The highest BCUT2D eigenvalue weighted by molar-refractivity contribution is 4.86. The summed E-state index contributed by atoms with van der Waals surface area (Å²) in [6.07, 6.45) is 2.82. The second kappa shape index (κ2) is 3.56. The van der Waals surface area contributed by atoms with Crippen LogP contribution in [0, 0.1) is 5.92 Å². The van der Waals surface area contributed by atoms with Gasteiger partial charge in [-0.1, -0.05) is 0 Å². The van der Waals surface area contributed by atoms with Gasteiger partial charge in [0.25, 0.3) is 0 Å². The summed E-state index contributed by atoms with van der Waals surface area (Å²) in [4.78, 5) is 0. The Kier molecular flexibility index (Phi) is 2.58. The van der Waals surface area contributed by atoms with E-state index in [0.717, 1.165) is 25.4 Å². The molecular formula is C10H20N2O. The van der Waals surface area contributed by atoms with Crippen LogP contribution in [0.3, 0.4) is 0 Å². The Morgan fingerprint density at radius 2 is 2.31 bits per heavy atom. The van der Waals surface area contributed by atoms with E-state index in [1.54, 1.807) is 0 Å². The molecule has 0 aliphatic carbocycles. The van der Waals surface area contributed by atoms with Gasteiger partial charge in [0.1, 0.15) is 5.72 Å². The molecule has 0 aromatic rings. The third-order valence-electron chi connectivity index (χ3n) is 3.07. The number of ether oxygens (including phenoxy) is 1. The van der Waals surface area contributed by atoms with E-state index in [9.17, 15) is 0 Å². The molecule has 0 aromatic carbocycles. The minimum atomic E-state index is -0.0594. The van der Waals surface area contributed by atoms with Crippen molar-refractivity contribution < 1.29 is 4.74 Å². The predicted molar refractivity (Wildman–Crippen MR) is 52.5 cm³/mol. The molecule has 2 rings (SSSR count). The maximum Gasteiger partial charge on any atom is 0.117 e. The fraction of sp³-hybridized carbons (Fsp3) is 1.00. The lowest BCUT2D eigenvalue weighted by Gasteiger charge is -2.27. The van der Waals surface area contributed by atoms with Crippen LogP contribution in [0.5, 0.6) is 0 Å². The SMILES string of the molecule is CC1CNC(C)(CC2CCNC2)O1. The highest BCUT2D eigenvalue weighted by atomic mass is 16.5. The molecule has 3 atom stereocenters. The summed E-state index contributed by atoms with van der Waals surface area (Å²) < 4.78 is 5.87. The van der Waals surface area contributed by atoms with E-state index in [1.807, 2.05) is 0 Å². The number of nitrogens with one attached hydrogen (secondary N) is 2. The van der Waals surface area contributed by atoms with Gasteiger partial charge >= 0.3 is 0 Å². The molecule has 2 N–H and O–H groups in total. The van der Waals surface area contributed by atoms with Crippen LogP contribution in [-0.4, -0.2) is 31.5 Å². The van der Waals surface area contributed by atoms with Gasteiger partial charge in [-0.15, -0.1) is 0 Å². The van der Waals surface area contributed by atoms with Crippen molar-refractivity contribution >= 4 is 0 Å². The number of rotatable bonds is 2.